The molecular formula is C16H22N2O4S. The lowest BCUT2D eigenvalue weighted by molar-refractivity contribution is -0.142. The minimum Gasteiger partial charge on any atom is -0.481 e. The van der Waals surface area contributed by atoms with Gasteiger partial charge in [0.2, 0.25) is 0 Å². The molecule has 1 aromatic carbocycles. The van der Waals surface area contributed by atoms with Crippen molar-refractivity contribution < 1.29 is 18.3 Å². The first-order valence-electron chi connectivity index (χ1n) is 7.58. The van der Waals surface area contributed by atoms with Crippen molar-refractivity contribution in [3.8, 4) is 0 Å². The fraction of sp³-hybridized carbons (Fsp3) is 0.438. The summed E-state index contributed by atoms with van der Waals surface area (Å²) in [6.45, 7) is 4.60. The summed E-state index contributed by atoms with van der Waals surface area (Å²) in [5.41, 5.74) is 0.901. The zero-order chi connectivity index (χ0) is 16.9. The quantitative estimate of drug-likeness (QED) is 0.768. The predicted molar refractivity (Wildman–Crippen MR) is 87.9 cm³/mol. The Morgan fingerprint density at radius 1 is 1.30 bits per heavy atom. The summed E-state index contributed by atoms with van der Waals surface area (Å²) >= 11 is 0. The molecule has 0 bridgehead atoms. The van der Waals surface area contributed by atoms with Crippen LogP contribution in [0, 0.1) is 5.92 Å². The molecule has 23 heavy (non-hydrogen) atoms. The highest BCUT2D eigenvalue weighted by atomic mass is 32.2. The van der Waals surface area contributed by atoms with E-state index in [1.165, 1.54) is 8.61 Å². The van der Waals surface area contributed by atoms with Gasteiger partial charge in [0.05, 0.1) is 5.92 Å². The average Bonchev–Trinajstić information content (AvgIpc) is 2.55. The fourth-order valence-electron chi connectivity index (χ4n) is 2.67. The molecule has 0 saturated carbocycles. The summed E-state index contributed by atoms with van der Waals surface area (Å²) in [5.74, 6) is -1.31. The Morgan fingerprint density at radius 2 is 1.91 bits per heavy atom. The van der Waals surface area contributed by atoms with Crippen LogP contribution in [0.1, 0.15) is 18.4 Å². The first kappa shape index (κ1) is 17.7. The third-order valence-corrected chi connectivity index (χ3v) is 5.94. The van der Waals surface area contributed by atoms with Gasteiger partial charge in [0, 0.05) is 26.2 Å². The largest absolute Gasteiger partial charge is 0.481 e. The van der Waals surface area contributed by atoms with Gasteiger partial charge in [-0.05, 0) is 18.4 Å². The lowest BCUT2D eigenvalue weighted by atomic mass is 9.99. The van der Waals surface area contributed by atoms with E-state index < -0.39 is 22.1 Å². The zero-order valence-corrected chi connectivity index (χ0v) is 13.8. The van der Waals surface area contributed by atoms with E-state index in [-0.39, 0.29) is 26.2 Å². The number of benzene rings is 1. The van der Waals surface area contributed by atoms with Crippen molar-refractivity contribution in [3.63, 3.8) is 0 Å². The van der Waals surface area contributed by atoms with Gasteiger partial charge in [-0.25, -0.2) is 0 Å². The zero-order valence-electron chi connectivity index (χ0n) is 13.0. The van der Waals surface area contributed by atoms with Crippen LogP contribution in [0.25, 0.3) is 0 Å². The van der Waals surface area contributed by atoms with Crippen molar-refractivity contribution in [2.24, 2.45) is 5.92 Å². The maximum Gasteiger partial charge on any atom is 0.306 e. The van der Waals surface area contributed by atoms with Crippen LogP contribution in [0.2, 0.25) is 0 Å². The van der Waals surface area contributed by atoms with Gasteiger partial charge in [-0.2, -0.15) is 17.0 Å². The maximum atomic E-state index is 12.8. The molecule has 0 radical (unpaired) electrons. The Morgan fingerprint density at radius 3 is 2.43 bits per heavy atom. The van der Waals surface area contributed by atoms with Gasteiger partial charge in [0.15, 0.2) is 0 Å². The number of carbonyl (C=O) groups is 1. The monoisotopic (exact) mass is 338 g/mol. The number of hydrogen-bond donors (Lipinski definition) is 1. The minimum atomic E-state index is -3.63. The highest BCUT2D eigenvalue weighted by molar-refractivity contribution is 7.86. The highest BCUT2D eigenvalue weighted by Gasteiger charge is 2.34. The Hall–Kier alpha value is -1.70. The lowest BCUT2D eigenvalue weighted by Gasteiger charge is -2.33. The molecule has 1 saturated heterocycles. The molecule has 7 heteroatoms. The Balaban J connectivity index is 2.11. The van der Waals surface area contributed by atoms with E-state index in [9.17, 15) is 13.2 Å². The molecule has 0 spiro atoms. The molecule has 6 nitrogen and oxygen atoms in total. The molecule has 2 rings (SSSR count). The number of piperidine rings is 1. The maximum absolute atomic E-state index is 12.8. The van der Waals surface area contributed by atoms with Crippen LogP contribution in [0.4, 0.5) is 0 Å². The summed E-state index contributed by atoms with van der Waals surface area (Å²) in [7, 11) is -3.63. The molecule has 0 amide bonds. The third-order valence-electron chi connectivity index (χ3n) is 3.99. The summed E-state index contributed by atoms with van der Waals surface area (Å²) in [4.78, 5) is 11.0. The van der Waals surface area contributed by atoms with Crippen LogP contribution in [-0.2, 0) is 21.5 Å². The number of rotatable bonds is 7. The molecule has 1 N–H and O–H groups in total. The molecule has 1 aliphatic rings. The molecule has 0 unspecified atom stereocenters. The molecule has 0 aromatic heterocycles. The van der Waals surface area contributed by atoms with Crippen molar-refractivity contribution in [3.05, 3.63) is 48.6 Å². The number of aliphatic carboxylic acids is 1. The van der Waals surface area contributed by atoms with Crippen molar-refractivity contribution in [2.75, 3.05) is 19.6 Å². The molecule has 0 aliphatic carbocycles. The second kappa shape index (κ2) is 7.72. The topological polar surface area (TPSA) is 77.9 Å². The molecule has 1 aromatic rings. The van der Waals surface area contributed by atoms with Crippen molar-refractivity contribution in [2.45, 2.75) is 19.4 Å². The van der Waals surface area contributed by atoms with Gasteiger partial charge in [-0.3, -0.25) is 4.79 Å². The van der Waals surface area contributed by atoms with Crippen molar-refractivity contribution in [1.29, 1.82) is 0 Å². The standard InChI is InChI=1S/C16H22N2O4S/c1-2-10-18(13-14-6-4-3-5-7-14)23(21,22)17-11-8-15(9-12-17)16(19)20/h2-7,15H,1,8-13H2,(H,19,20). The van der Waals surface area contributed by atoms with E-state index in [1.807, 2.05) is 30.3 Å². The molecule has 0 atom stereocenters. The number of hydrogen-bond acceptors (Lipinski definition) is 3. The van der Waals surface area contributed by atoms with Gasteiger partial charge in [-0.15, -0.1) is 6.58 Å². The summed E-state index contributed by atoms with van der Waals surface area (Å²) < 4.78 is 28.4. The second-order valence-corrected chi connectivity index (χ2v) is 7.51. The van der Waals surface area contributed by atoms with Gasteiger partial charge in [0.25, 0.3) is 10.2 Å². The highest BCUT2D eigenvalue weighted by Crippen LogP contribution is 2.22. The van der Waals surface area contributed by atoms with Gasteiger partial charge >= 0.3 is 5.97 Å². The van der Waals surface area contributed by atoms with E-state index >= 15 is 0 Å². The molecule has 1 fully saturated rings. The Kier molecular flexibility index (Phi) is 5.92. The molecule has 126 valence electrons. The number of carboxylic acid groups (broad SMARTS) is 1. The van der Waals surface area contributed by atoms with Crippen molar-refractivity contribution in [1.82, 2.24) is 8.61 Å². The van der Waals surface area contributed by atoms with Crippen LogP contribution in [0.3, 0.4) is 0 Å². The van der Waals surface area contributed by atoms with E-state index in [4.69, 9.17) is 5.11 Å². The van der Waals surface area contributed by atoms with E-state index in [1.54, 1.807) is 6.08 Å². The molecular weight excluding hydrogens is 316 g/mol. The van der Waals surface area contributed by atoms with Gasteiger partial charge in [-0.1, -0.05) is 36.4 Å². The molecule has 1 aliphatic heterocycles. The van der Waals surface area contributed by atoms with Crippen LogP contribution in [0.15, 0.2) is 43.0 Å². The average molecular weight is 338 g/mol. The molecule has 1 heterocycles. The van der Waals surface area contributed by atoms with Gasteiger partial charge in [0.1, 0.15) is 0 Å². The summed E-state index contributed by atoms with van der Waals surface area (Å²) in [6, 6.07) is 9.37. The van der Waals surface area contributed by atoms with Crippen LogP contribution in [0.5, 0.6) is 0 Å². The third kappa shape index (κ3) is 4.40. The number of nitrogens with zero attached hydrogens (tertiary/aromatic N) is 2. The van der Waals surface area contributed by atoms with Crippen molar-refractivity contribution >= 4 is 16.2 Å². The normalized spacial score (nSPS) is 17.3. The smallest absolute Gasteiger partial charge is 0.306 e. The summed E-state index contributed by atoms with van der Waals surface area (Å²) in [5, 5.41) is 9.02. The van der Waals surface area contributed by atoms with E-state index in [0.717, 1.165) is 5.56 Å². The lowest BCUT2D eigenvalue weighted by Crippen LogP contribution is -2.47. The first-order chi connectivity index (χ1) is 10.9. The minimum absolute atomic E-state index is 0.218. The summed E-state index contributed by atoms with van der Waals surface area (Å²) in [6.07, 6.45) is 2.26. The van der Waals surface area contributed by atoms with Crippen LogP contribution in [-0.4, -0.2) is 47.7 Å². The van der Waals surface area contributed by atoms with Gasteiger partial charge < -0.3 is 5.11 Å². The fourth-order valence-corrected chi connectivity index (χ4v) is 4.27. The Labute approximate surface area is 137 Å². The predicted octanol–water partition coefficient (Wildman–Crippen LogP) is 1.72. The first-order valence-corrected chi connectivity index (χ1v) is 8.97. The van der Waals surface area contributed by atoms with E-state index in [0.29, 0.717) is 12.8 Å². The second-order valence-electron chi connectivity index (χ2n) is 5.59. The van der Waals surface area contributed by atoms with E-state index in [2.05, 4.69) is 6.58 Å². The van der Waals surface area contributed by atoms with Crippen LogP contribution < -0.4 is 0 Å². The SMILES string of the molecule is C=CCN(Cc1ccccc1)S(=O)(=O)N1CCC(C(=O)O)CC1. The van der Waals surface area contributed by atoms with Crippen LogP contribution >= 0.6 is 0 Å². The number of carboxylic acids is 1. The Bertz CT molecular complexity index is 637.